The van der Waals surface area contributed by atoms with Crippen molar-refractivity contribution in [3.05, 3.63) is 0 Å². The molecule has 0 aromatic heterocycles. The monoisotopic (exact) mass is 156 g/mol. The molecule has 0 radical (unpaired) electrons. The maximum Gasteiger partial charge on any atom is 0.0349 e. The van der Waals surface area contributed by atoms with Gasteiger partial charge in [-0.15, -0.1) is 37.0 Å². The molecule has 0 amide bonds. The molecule has 1 fully saturated rings. The molecule has 0 heteroatoms. The zero-order valence-electron chi connectivity index (χ0n) is 7.09. The maximum absolute atomic E-state index is 5.37. The van der Waals surface area contributed by atoms with Gasteiger partial charge in [0.25, 0.3) is 0 Å². The SMILES string of the molecule is C#CC1CCC(C#C)C(C#C)C1. The van der Waals surface area contributed by atoms with Crippen LogP contribution in [-0.2, 0) is 0 Å². The van der Waals surface area contributed by atoms with Crippen LogP contribution in [0.2, 0.25) is 0 Å². The minimum absolute atomic E-state index is 0.199. The van der Waals surface area contributed by atoms with Crippen molar-refractivity contribution in [3.8, 4) is 37.0 Å². The van der Waals surface area contributed by atoms with Crippen LogP contribution in [0, 0.1) is 54.8 Å². The van der Waals surface area contributed by atoms with Gasteiger partial charge in [-0.25, -0.2) is 0 Å². The zero-order chi connectivity index (χ0) is 8.97. The Morgan fingerprint density at radius 3 is 2.00 bits per heavy atom. The van der Waals surface area contributed by atoms with Crippen molar-refractivity contribution >= 4 is 0 Å². The van der Waals surface area contributed by atoms with E-state index in [9.17, 15) is 0 Å². The highest BCUT2D eigenvalue weighted by molar-refractivity contribution is 5.11. The van der Waals surface area contributed by atoms with E-state index in [4.69, 9.17) is 19.3 Å². The molecule has 1 saturated carbocycles. The predicted molar refractivity (Wildman–Crippen MR) is 50.8 cm³/mol. The Morgan fingerprint density at radius 2 is 1.50 bits per heavy atom. The van der Waals surface area contributed by atoms with Crippen molar-refractivity contribution in [1.82, 2.24) is 0 Å². The van der Waals surface area contributed by atoms with Crippen molar-refractivity contribution < 1.29 is 0 Å². The lowest BCUT2D eigenvalue weighted by atomic mass is 9.75. The van der Waals surface area contributed by atoms with Crippen LogP contribution in [-0.4, -0.2) is 0 Å². The summed E-state index contributed by atoms with van der Waals surface area (Å²) in [6.07, 6.45) is 19.0. The Morgan fingerprint density at radius 1 is 0.833 bits per heavy atom. The molecule has 0 bridgehead atoms. The number of hydrogen-bond donors (Lipinski definition) is 0. The smallest absolute Gasteiger partial charge is 0.0349 e. The molecule has 0 aliphatic heterocycles. The van der Waals surface area contributed by atoms with Crippen molar-refractivity contribution in [2.75, 3.05) is 0 Å². The highest BCUT2D eigenvalue weighted by Gasteiger charge is 2.26. The third-order valence-corrected chi connectivity index (χ3v) is 2.51. The molecule has 0 aromatic rings. The number of hydrogen-bond acceptors (Lipinski definition) is 0. The van der Waals surface area contributed by atoms with Gasteiger partial charge in [-0.1, -0.05) is 0 Å². The van der Waals surface area contributed by atoms with Gasteiger partial charge in [0.05, 0.1) is 0 Å². The average molecular weight is 156 g/mol. The summed E-state index contributed by atoms with van der Waals surface area (Å²) in [6, 6.07) is 0. The fourth-order valence-electron chi connectivity index (χ4n) is 1.71. The van der Waals surface area contributed by atoms with E-state index in [1.165, 1.54) is 0 Å². The fraction of sp³-hybridized carbons (Fsp3) is 0.500. The normalized spacial score (nSPS) is 34.2. The Balaban J connectivity index is 2.64. The summed E-state index contributed by atoms with van der Waals surface area (Å²) in [5, 5.41) is 0. The molecule has 60 valence electrons. The first-order chi connectivity index (χ1) is 5.81. The van der Waals surface area contributed by atoms with Crippen LogP contribution in [0.15, 0.2) is 0 Å². The second-order valence-electron chi connectivity index (χ2n) is 3.22. The van der Waals surface area contributed by atoms with Crippen LogP contribution in [0.4, 0.5) is 0 Å². The molecule has 1 aliphatic rings. The topological polar surface area (TPSA) is 0 Å². The van der Waals surface area contributed by atoms with E-state index >= 15 is 0 Å². The van der Waals surface area contributed by atoms with Crippen LogP contribution >= 0.6 is 0 Å². The second-order valence-corrected chi connectivity index (χ2v) is 3.22. The fourth-order valence-corrected chi connectivity index (χ4v) is 1.71. The van der Waals surface area contributed by atoms with Gasteiger partial charge in [0.15, 0.2) is 0 Å². The molecule has 0 aromatic carbocycles. The van der Waals surface area contributed by atoms with Crippen LogP contribution < -0.4 is 0 Å². The molecule has 0 N–H and O–H groups in total. The molecule has 0 saturated heterocycles. The molecule has 3 unspecified atom stereocenters. The van der Waals surface area contributed by atoms with Crippen LogP contribution in [0.5, 0.6) is 0 Å². The summed E-state index contributed by atoms with van der Waals surface area (Å²) in [5.41, 5.74) is 0. The Labute approximate surface area is 74.7 Å². The highest BCUT2D eigenvalue weighted by Crippen LogP contribution is 2.32. The standard InChI is InChI=1S/C12H12/c1-4-10-7-8-11(5-2)12(6-3)9-10/h1-3,10-12H,7-9H2. The number of terminal acetylenes is 3. The van der Waals surface area contributed by atoms with Crippen molar-refractivity contribution in [1.29, 1.82) is 0 Å². The predicted octanol–water partition coefficient (Wildman–Crippen LogP) is 1.92. The largest absolute Gasteiger partial charge is 0.120 e. The molecule has 0 spiro atoms. The van der Waals surface area contributed by atoms with Gasteiger partial charge in [-0.2, -0.15) is 0 Å². The van der Waals surface area contributed by atoms with Gasteiger partial charge >= 0.3 is 0 Å². The van der Waals surface area contributed by atoms with Gasteiger partial charge in [-0.05, 0) is 19.3 Å². The van der Waals surface area contributed by atoms with E-state index in [1.54, 1.807) is 0 Å². The first kappa shape index (κ1) is 8.77. The third kappa shape index (κ3) is 1.64. The van der Waals surface area contributed by atoms with Gasteiger partial charge < -0.3 is 0 Å². The molecular weight excluding hydrogens is 144 g/mol. The summed E-state index contributed by atoms with van der Waals surface area (Å²) in [6.45, 7) is 0. The highest BCUT2D eigenvalue weighted by atomic mass is 14.3. The first-order valence-corrected chi connectivity index (χ1v) is 4.20. The van der Waals surface area contributed by atoms with Gasteiger partial charge in [0, 0.05) is 17.8 Å². The van der Waals surface area contributed by atoms with E-state index < -0.39 is 0 Å². The van der Waals surface area contributed by atoms with E-state index in [0.29, 0.717) is 5.92 Å². The van der Waals surface area contributed by atoms with Gasteiger partial charge in [-0.3, -0.25) is 0 Å². The third-order valence-electron chi connectivity index (χ3n) is 2.51. The van der Waals surface area contributed by atoms with E-state index in [-0.39, 0.29) is 11.8 Å². The number of rotatable bonds is 0. The summed E-state index contributed by atoms with van der Waals surface area (Å²) >= 11 is 0. The van der Waals surface area contributed by atoms with Gasteiger partial charge in [0.1, 0.15) is 0 Å². The van der Waals surface area contributed by atoms with Crippen LogP contribution in [0.3, 0.4) is 0 Å². The zero-order valence-corrected chi connectivity index (χ0v) is 7.09. The van der Waals surface area contributed by atoms with Crippen LogP contribution in [0.1, 0.15) is 19.3 Å². The van der Waals surface area contributed by atoms with E-state index in [1.807, 2.05) is 0 Å². The summed E-state index contributed by atoms with van der Waals surface area (Å²) in [5.74, 6) is 9.01. The molecule has 12 heavy (non-hydrogen) atoms. The quantitative estimate of drug-likeness (QED) is 0.470. The Hall–Kier alpha value is -1.32. The first-order valence-electron chi connectivity index (χ1n) is 4.20. The summed E-state index contributed by atoms with van der Waals surface area (Å²) < 4.78 is 0. The summed E-state index contributed by atoms with van der Waals surface area (Å²) in [4.78, 5) is 0. The lowest BCUT2D eigenvalue weighted by Crippen LogP contribution is -2.21. The Bertz CT molecular complexity index is 266. The maximum atomic E-state index is 5.37. The minimum Gasteiger partial charge on any atom is -0.120 e. The average Bonchev–Trinajstić information content (AvgIpc) is 2.16. The second kappa shape index (κ2) is 3.90. The van der Waals surface area contributed by atoms with Crippen LogP contribution in [0.25, 0.3) is 0 Å². The van der Waals surface area contributed by atoms with E-state index in [0.717, 1.165) is 19.3 Å². The summed E-state index contributed by atoms with van der Waals surface area (Å²) in [7, 11) is 0. The van der Waals surface area contributed by atoms with Crippen molar-refractivity contribution in [2.45, 2.75) is 19.3 Å². The lowest BCUT2D eigenvalue weighted by molar-refractivity contribution is 0.311. The Kier molecular flexibility index (Phi) is 2.85. The van der Waals surface area contributed by atoms with E-state index in [2.05, 4.69) is 17.8 Å². The molecule has 0 nitrogen and oxygen atoms in total. The molecular formula is C12H12. The minimum atomic E-state index is 0.199. The van der Waals surface area contributed by atoms with Gasteiger partial charge in [0.2, 0.25) is 0 Å². The molecule has 0 heterocycles. The van der Waals surface area contributed by atoms with Crippen molar-refractivity contribution in [3.63, 3.8) is 0 Å². The van der Waals surface area contributed by atoms with Crippen molar-refractivity contribution in [2.24, 2.45) is 17.8 Å². The molecule has 3 atom stereocenters. The molecule has 1 rings (SSSR count). The molecule has 1 aliphatic carbocycles. The lowest BCUT2D eigenvalue weighted by Gasteiger charge is -2.27.